The number of hydrogen-bond acceptors (Lipinski definition) is 3. The Morgan fingerprint density at radius 3 is 2.60 bits per heavy atom. The number of nitrogens with two attached hydrogens (primary N) is 1. The Labute approximate surface area is 126 Å². The van der Waals surface area contributed by atoms with Gasteiger partial charge in [0.05, 0.1) is 0 Å². The molecule has 0 bridgehead atoms. The van der Waals surface area contributed by atoms with Crippen LogP contribution in [0, 0.1) is 11.2 Å². The predicted octanol–water partition coefficient (Wildman–Crippen LogP) is 2.69. The van der Waals surface area contributed by atoms with E-state index in [1.54, 1.807) is 12.1 Å². The lowest BCUT2D eigenvalue weighted by molar-refractivity contribution is 0.0831. The fraction of sp³-hybridized carbons (Fsp3) is 0.600. The molecule has 0 aliphatic carbocycles. The van der Waals surface area contributed by atoms with Gasteiger partial charge in [-0.25, -0.2) is 4.39 Å². The maximum atomic E-state index is 12.7. The van der Waals surface area contributed by atoms with Crippen LogP contribution in [0.1, 0.15) is 20.3 Å². The maximum Gasteiger partial charge on any atom is 0.123 e. The molecule has 114 valence electrons. The zero-order valence-corrected chi connectivity index (χ0v) is 13.0. The highest BCUT2D eigenvalue weighted by Crippen LogP contribution is 2.27. The fourth-order valence-corrected chi connectivity index (χ4v) is 2.50. The first-order valence-corrected chi connectivity index (χ1v) is 6.84. The van der Waals surface area contributed by atoms with Crippen LogP contribution < -0.4 is 10.5 Å². The summed E-state index contributed by atoms with van der Waals surface area (Å²) in [5.74, 6) is 0.480. The lowest BCUT2D eigenvalue weighted by Crippen LogP contribution is -2.53. The summed E-state index contributed by atoms with van der Waals surface area (Å²) in [6.45, 7) is 7.96. The number of rotatable bonds is 4. The van der Waals surface area contributed by atoms with E-state index in [1.807, 2.05) is 0 Å². The second-order valence-electron chi connectivity index (χ2n) is 5.96. The summed E-state index contributed by atoms with van der Waals surface area (Å²) in [6, 6.07) is 6.43. The van der Waals surface area contributed by atoms with E-state index in [0.29, 0.717) is 6.61 Å². The molecule has 0 spiro atoms. The van der Waals surface area contributed by atoms with Gasteiger partial charge < -0.3 is 10.5 Å². The van der Waals surface area contributed by atoms with Gasteiger partial charge >= 0.3 is 0 Å². The third kappa shape index (κ3) is 4.62. The van der Waals surface area contributed by atoms with Crippen molar-refractivity contribution >= 4 is 12.4 Å². The van der Waals surface area contributed by atoms with Gasteiger partial charge in [0.25, 0.3) is 0 Å². The lowest BCUT2D eigenvalue weighted by atomic mass is 9.80. The SMILES string of the molecule is CC1(C)CN(CCOc2ccc(F)cc2)CCC1N.Cl. The molecule has 1 unspecified atom stereocenters. The fourth-order valence-electron chi connectivity index (χ4n) is 2.50. The van der Waals surface area contributed by atoms with Crippen molar-refractivity contribution in [2.24, 2.45) is 11.1 Å². The molecular formula is C15H24ClFN2O. The molecule has 1 saturated heterocycles. The lowest BCUT2D eigenvalue weighted by Gasteiger charge is -2.42. The van der Waals surface area contributed by atoms with Gasteiger partial charge in [-0.3, -0.25) is 4.90 Å². The third-order valence-corrected chi connectivity index (χ3v) is 3.88. The van der Waals surface area contributed by atoms with Crippen molar-refractivity contribution in [3.8, 4) is 5.75 Å². The molecule has 1 aromatic rings. The molecule has 2 N–H and O–H groups in total. The zero-order valence-electron chi connectivity index (χ0n) is 12.1. The highest BCUT2D eigenvalue weighted by molar-refractivity contribution is 5.85. The van der Waals surface area contributed by atoms with Crippen molar-refractivity contribution in [3.05, 3.63) is 30.1 Å². The maximum absolute atomic E-state index is 12.7. The van der Waals surface area contributed by atoms with E-state index in [1.165, 1.54) is 12.1 Å². The minimum absolute atomic E-state index is 0. The standard InChI is InChI=1S/C15H23FN2O.ClH/c1-15(2)11-18(8-7-14(15)17)9-10-19-13-5-3-12(16)4-6-13;/h3-6,14H,7-11,17H2,1-2H3;1H. The van der Waals surface area contributed by atoms with E-state index < -0.39 is 0 Å². The normalized spacial score (nSPS) is 22.1. The Kier molecular flexibility index (Phi) is 6.24. The summed E-state index contributed by atoms with van der Waals surface area (Å²) in [7, 11) is 0. The third-order valence-electron chi connectivity index (χ3n) is 3.88. The summed E-state index contributed by atoms with van der Waals surface area (Å²) < 4.78 is 18.4. The van der Waals surface area contributed by atoms with Crippen LogP contribution in [0.4, 0.5) is 4.39 Å². The molecule has 0 saturated carbocycles. The monoisotopic (exact) mass is 302 g/mol. The molecule has 1 heterocycles. The molecule has 3 nitrogen and oxygen atoms in total. The summed E-state index contributed by atoms with van der Waals surface area (Å²) in [5.41, 5.74) is 6.28. The first kappa shape index (κ1) is 17.2. The second kappa shape index (κ2) is 7.25. The largest absolute Gasteiger partial charge is 0.492 e. The van der Waals surface area contributed by atoms with Gasteiger partial charge in [-0.2, -0.15) is 0 Å². The minimum atomic E-state index is -0.237. The number of likely N-dealkylation sites (tertiary alicyclic amines) is 1. The molecule has 0 radical (unpaired) electrons. The Morgan fingerprint density at radius 2 is 2.00 bits per heavy atom. The number of nitrogens with zero attached hydrogens (tertiary/aromatic N) is 1. The van der Waals surface area contributed by atoms with E-state index in [9.17, 15) is 4.39 Å². The summed E-state index contributed by atoms with van der Waals surface area (Å²) in [6.07, 6.45) is 1.03. The Hall–Kier alpha value is -0.840. The first-order chi connectivity index (χ1) is 8.97. The Bertz CT molecular complexity index is 411. The van der Waals surface area contributed by atoms with E-state index >= 15 is 0 Å². The predicted molar refractivity (Wildman–Crippen MR) is 82.0 cm³/mol. The molecular weight excluding hydrogens is 279 g/mol. The second-order valence-corrected chi connectivity index (χ2v) is 5.96. The molecule has 0 amide bonds. The molecule has 1 fully saturated rings. The van der Waals surface area contributed by atoms with Crippen LogP contribution in [0.2, 0.25) is 0 Å². The van der Waals surface area contributed by atoms with Crippen molar-refractivity contribution in [2.45, 2.75) is 26.3 Å². The van der Waals surface area contributed by atoms with Gasteiger partial charge in [-0.05, 0) is 42.6 Å². The summed E-state index contributed by atoms with van der Waals surface area (Å²) in [4.78, 5) is 2.38. The van der Waals surface area contributed by atoms with Crippen LogP contribution >= 0.6 is 12.4 Å². The topological polar surface area (TPSA) is 38.5 Å². The number of ether oxygens (including phenoxy) is 1. The van der Waals surface area contributed by atoms with Crippen molar-refractivity contribution < 1.29 is 9.13 Å². The van der Waals surface area contributed by atoms with Crippen LogP contribution in [-0.4, -0.2) is 37.2 Å². The Morgan fingerprint density at radius 1 is 1.35 bits per heavy atom. The molecule has 1 aliphatic rings. The zero-order chi connectivity index (χ0) is 13.9. The molecule has 20 heavy (non-hydrogen) atoms. The average molecular weight is 303 g/mol. The molecule has 5 heteroatoms. The van der Waals surface area contributed by atoms with Crippen molar-refractivity contribution in [1.82, 2.24) is 4.90 Å². The van der Waals surface area contributed by atoms with Gasteiger partial charge in [0, 0.05) is 19.1 Å². The number of piperidine rings is 1. The summed E-state index contributed by atoms with van der Waals surface area (Å²) >= 11 is 0. The molecule has 0 aromatic heterocycles. The highest BCUT2D eigenvalue weighted by Gasteiger charge is 2.32. The quantitative estimate of drug-likeness (QED) is 0.929. The van der Waals surface area contributed by atoms with Crippen molar-refractivity contribution in [1.29, 1.82) is 0 Å². The van der Waals surface area contributed by atoms with Gasteiger partial charge in [-0.1, -0.05) is 13.8 Å². The van der Waals surface area contributed by atoms with Crippen molar-refractivity contribution in [3.63, 3.8) is 0 Å². The van der Waals surface area contributed by atoms with Gasteiger partial charge in [-0.15, -0.1) is 12.4 Å². The molecule has 1 aromatic carbocycles. The minimum Gasteiger partial charge on any atom is -0.492 e. The molecule has 1 atom stereocenters. The molecule has 2 rings (SSSR count). The van der Waals surface area contributed by atoms with Crippen LogP contribution in [0.3, 0.4) is 0 Å². The van der Waals surface area contributed by atoms with Crippen LogP contribution in [-0.2, 0) is 0 Å². The first-order valence-electron chi connectivity index (χ1n) is 6.84. The highest BCUT2D eigenvalue weighted by atomic mass is 35.5. The van der Waals surface area contributed by atoms with Crippen molar-refractivity contribution in [2.75, 3.05) is 26.2 Å². The number of hydrogen-bond donors (Lipinski definition) is 1. The average Bonchev–Trinajstić information content (AvgIpc) is 2.36. The van der Waals surface area contributed by atoms with Gasteiger partial charge in [0.1, 0.15) is 18.2 Å². The van der Waals surface area contributed by atoms with Gasteiger partial charge in [0.2, 0.25) is 0 Å². The summed E-state index contributed by atoms with van der Waals surface area (Å²) in [5, 5.41) is 0. The molecule has 1 aliphatic heterocycles. The van der Waals surface area contributed by atoms with E-state index in [4.69, 9.17) is 10.5 Å². The van der Waals surface area contributed by atoms with Crippen LogP contribution in [0.25, 0.3) is 0 Å². The van der Waals surface area contributed by atoms with E-state index in [0.717, 1.165) is 31.8 Å². The van der Waals surface area contributed by atoms with Crippen LogP contribution in [0.5, 0.6) is 5.75 Å². The number of halogens is 2. The van der Waals surface area contributed by atoms with E-state index in [-0.39, 0.29) is 29.7 Å². The van der Waals surface area contributed by atoms with Gasteiger partial charge in [0.15, 0.2) is 0 Å². The number of benzene rings is 1. The van der Waals surface area contributed by atoms with E-state index in [2.05, 4.69) is 18.7 Å². The Balaban J connectivity index is 0.00000200. The smallest absolute Gasteiger partial charge is 0.123 e. The van der Waals surface area contributed by atoms with Crippen LogP contribution in [0.15, 0.2) is 24.3 Å².